The topological polar surface area (TPSA) is 82.6 Å². The van der Waals surface area contributed by atoms with Gasteiger partial charge in [-0.15, -0.1) is 0 Å². The second kappa shape index (κ2) is 9.29. The van der Waals surface area contributed by atoms with E-state index in [0.717, 1.165) is 24.6 Å². The first-order chi connectivity index (χ1) is 11.5. The molecule has 0 aromatic heterocycles. The molecule has 0 aliphatic carbocycles. The van der Waals surface area contributed by atoms with Crippen LogP contribution < -0.4 is 15.4 Å². The average Bonchev–Trinajstić information content (AvgIpc) is 3.11. The first-order valence-electron chi connectivity index (χ1n) is 8.21. The fourth-order valence-corrected chi connectivity index (χ4v) is 4.46. The summed E-state index contributed by atoms with van der Waals surface area (Å²) >= 11 is 2.01. The summed E-state index contributed by atoms with van der Waals surface area (Å²) in [6.07, 6.45) is 2.54. The van der Waals surface area contributed by atoms with Gasteiger partial charge in [0.15, 0.2) is 5.96 Å². The summed E-state index contributed by atoms with van der Waals surface area (Å²) in [5, 5.41) is 7.26. The van der Waals surface area contributed by atoms with Crippen LogP contribution >= 0.6 is 11.8 Å². The highest BCUT2D eigenvalue weighted by atomic mass is 32.2. The molecule has 0 amide bonds. The lowest BCUT2D eigenvalue weighted by Crippen LogP contribution is -2.40. The summed E-state index contributed by atoms with van der Waals surface area (Å²) in [6.45, 7) is 4.16. The number of guanidine groups is 1. The molecule has 1 atom stereocenters. The smallest absolute Gasteiger partial charge is 0.240 e. The quantitative estimate of drug-likeness (QED) is 0.501. The third-order valence-corrected chi connectivity index (χ3v) is 6.57. The third kappa shape index (κ3) is 5.68. The Morgan fingerprint density at radius 2 is 2.21 bits per heavy atom. The van der Waals surface area contributed by atoms with Crippen molar-refractivity contribution in [1.29, 1.82) is 0 Å². The Bertz CT molecular complexity index is 656. The summed E-state index contributed by atoms with van der Waals surface area (Å²) < 4.78 is 26.1. The normalized spacial score (nSPS) is 18.6. The lowest BCUT2D eigenvalue weighted by molar-refractivity contribution is 0.588. The number of rotatable bonds is 7. The molecule has 1 aromatic rings. The van der Waals surface area contributed by atoms with Crippen molar-refractivity contribution in [2.45, 2.75) is 36.5 Å². The number of nitrogens with one attached hydrogen (secondary N) is 3. The van der Waals surface area contributed by atoms with Gasteiger partial charge >= 0.3 is 0 Å². The number of benzene rings is 1. The van der Waals surface area contributed by atoms with Gasteiger partial charge in [-0.25, -0.2) is 18.1 Å². The van der Waals surface area contributed by atoms with Crippen molar-refractivity contribution in [3.05, 3.63) is 29.8 Å². The van der Waals surface area contributed by atoms with Gasteiger partial charge in [-0.2, -0.15) is 11.8 Å². The van der Waals surface area contributed by atoms with Crippen LogP contribution in [0.25, 0.3) is 0 Å². The van der Waals surface area contributed by atoms with Crippen LogP contribution in [0.5, 0.6) is 0 Å². The Balaban J connectivity index is 2.00. The number of sulfonamides is 1. The zero-order valence-electron chi connectivity index (χ0n) is 14.2. The monoisotopic (exact) mass is 370 g/mol. The maximum absolute atomic E-state index is 11.9. The maximum Gasteiger partial charge on any atom is 0.240 e. The molecular formula is C16H26N4O2S2. The Labute approximate surface area is 149 Å². The molecule has 134 valence electrons. The van der Waals surface area contributed by atoms with Gasteiger partial charge in [0.2, 0.25) is 10.0 Å². The lowest BCUT2D eigenvalue weighted by Gasteiger charge is -2.14. The molecule has 0 radical (unpaired) electrons. The van der Waals surface area contributed by atoms with E-state index in [1.165, 1.54) is 25.6 Å². The number of thioether (sulfide) groups is 1. The van der Waals surface area contributed by atoms with Crippen LogP contribution in [-0.4, -0.2) is 45.5 Å². The van der Waals surface area contributed by atoms with Gasteiger partial charge in [0.1, 0.15) is 0 Å². The van der Waals surface area contributed by atoms with Crippen molar-refractivity contribution < 1.29 is 8.42 Å². The van der Waals surface area contributed by atoms with Crippen molar-refractivity contribution in [3.63, 3.8) is 0 Å². The van der Waals surface area contributed by atoms with Crippen LogP contribution in [0.15, 0.2) is 34.2 Å². The first kappa shape index (κ1) is 19.1. The van der Waals surface area contributed by atoms with Gasteiger partial charge in [0.05, 0.1) is 11.4 Å². The predicted molar refractivity (Wildman–Crippen MR) is 101 cm³/mol. The molecule has 1 fully saturated rings. The van der Waals surface area contributed by atoms with E-state index in [9.17, 15) is 8.42 Å². The lowest BCUT2D eigenvalue weighted by atomic mass is 10.2. The van der Waals surface area contributed by atoms with E-state index in [-0.39, 0.29) is 4.90 Å². The number of nitrogens with zero attached hydrogens (tertiary/aromatic N) is 1. The Hall–Kier alpha value is -1.25. The predicted octanol–water partition coefficient (Wildman–Crippen LogP) is 1.55. The van der Waals surface area contributed by atoms with Crippen LogP contribution in [0.3, 0.4) is 0 Å². The molecule has 2 rings (SSSR count). The van der Waals surface area contributed by atoms with E-state index >= 15 is 0 Å². The largest absolute Gasteiger partial charge is 0.357 e. The minimum atomic E-state index is -3.42. The highest BCUT2D eigenvalue weighted by Gasteiger charge is 2.15. The van der Waals surface area contributed by atoms with E-state index in [0.29, 0.717) is 11.8 Å². The molecule has 1 aliphatic heterocycles. The number of hydrogen-bond acceptors (Lipinski definition) is 4. The van der Waals surface area contributed by atoms with Gasteiger partial charge in [0.25, 0.3) is 0 Å². The summed E-state index contributed by atoms with van der Waals surface area (Å²) in [6, 6.07) is 6.87. The van der Waals surface area contributed by atoms with E-state index in [1.54, 1.807) is 18.2 Å². The van der Waals surface area contributed by atoms with Crippen LogP contribution in [0.1, 0.15) is 25.3 Å². The third-order valence-electron chi connectivity index (χ3n) is 3.76. The first-order valence-corrected chi connectivity index (χ1v) is 10.7. The second-order valence-electron chi connectivity index (χ2n) is 5.57. The van der Waals surface area contributed by atoms with Crippen molar-refractivity contribution in [1.82, 2.24) is 15.4 Å². The number of hydrogen-bond donors (Lipinski definition) is 3. The molecule has 1 unspecified atom stereocenters. The van der Waals surface area contributed by atoms with E-state index in [4.69, 9.17) is 0 Å². The summed E-state index contributed by atoms with van der Waals surface area (Å²) in [5.41, 5.74) is 0.860. The SMILES string of the molecule is CCNC(=NCc1cccc(S(=O)(=O)NC)c1)NCC1CCCS1. The molecule has 3 N–H and O–H groups in total. The van der Waals surface area contributed by atoms with Crippen molar-refractivity contribution >= 4 is 27.7 Å². The van der Waals surface area contributed by atoms with E-state index < -0.39 is 10.0 Å². The molecule has 8 heteroatoms. The fraction of sp³-hybridized carbons (Fsp3) is 0.562. The Morgan fingerprint density at radius 1 is 1.38 bits per heavy atom. The van der Waals surface area contributed by atoms with Crippen molar-refractivity contribution in [2.75, 3.05) is 25.9 Å². The molecule has 0 bridgehead atoms. The van der Waals surface area contributed by atoms with Gasteiger partial charge in [-0.3, -0.25) is 0 Å². The summed E-state index contributed by atoms with van der Waals surface area (Å²) in [4.78, 5) is 4.83. The molecule has 1 heterocycles. The standard InChI is InChI=1S/C16H26N4O2S2/c1-3-18-16(20-12-14-7-5-9-23-14)19-11-13-6-4-8-15(10-13)24(21,22)17-2/h4,6,8,10,14,17H,3,5,7,9,11-12H2,1-2H3,(H2,18,19,20). The molecular weight excluding hydrogens is 344 g/mol. The molecule has 0 spiro atoms. The van der Waals surface area contributed by atoms with E-state index in [1.807, 2.05) is 24.8 Å². The zero-order valence-corrected chi connectivity index (χ0v) is 15.8. The van der Waals surface area contributed by atoms with Gasteiger partial charge in [-0.05, 0) is 50.3 Å². The van der Waals surface area contributed by atoms with Gasteiger partial charge < -0.3 is 10.6 Å². The van der Waals surface area contributed by atoms with Crippen molar-refractivity contribution in [3.8, 4) is 0 Å². The minimum Gasteiger partial charge on any atom is -0.357 e. The summed E-state index contributed by atoms with van der Waals surface area (Å²) in [5.74, 6) is 2.01. The van der Waals surface area contributed by atoms with Crippen LogP contribution in [0.4, 0.5) is 0 Å². The molecule has 1 aliphatic rings. The second-order valence-corrected chi connectivity index (χ2v) is 8.86. The number of aliphatic imine (C=N–C) groups is 1. The van der Waals surface area contributed by atoms with Crippen LogP contribution in [-0.2, 0) is 16.6 Å². The van der Waals surface area contributed by atoms with Gasteiger partial charge in [0, 0.05) is 18.3 Å². The highest BCUT2D eigenvalue weighted by Crippen LogP contribution is 2.25. The average molecular weight is 371 g/mol. The highest BCUT2D eigenvalue weighted by molar-refractivity contribution is 8.00. The molecule has 1 aromatic carbocycles. The fourth-order valence-electron chi connectivity index (χ4n) is 2.46. The van der Waals surface area contributed by atoms with Gasteiger partial charge in [-0.1, -0.05) is 12.1 Å². The molecule has 24 heavy (non-hydrogen) atoms. The Kier molecular flexibility index (Phi) is 7.39. The van der Waals surface area contributed by atoms with Crippen molar-refractivity contribution in [2.24, 2.45) is 4.99 Å². The Morgan fingerprint density at radius 3 is 2.88 bits per heavy atom. The van der Waals surface area contributed by atoms with E-state index in [2.05, 4.69) is 20.3 Å². The van der Waals surface area contributed by atoms with Crippen LogP contribution in [0, 0.1) is 0 Å². The van der Waals surface area contributed by atoms with Crippen LogP contribution in [0.2, 0.25) is 0 Å². The molecule has 1 saturated heterocycles. The summed E-state index contributed by atoms with van der Waals surface area (Å²) in [7, 11) is -2.01. The zero-order chi connectivity index (χ0) is 17.4. The molecule has 0 saturated carbocycles. The minimum absolute atomic E-state index is 0.262. The molecule has 6 nitrogen and oxygen atoms in total. The maximum atomic E-state index is 11.9.